The van der Waals surface area contributed by atoms with Crippen molar-refractivity contribution in [3.63, 3.8) is 0 Å². The van der Waals surface area contributed by atoms with Crippen molar-refractivity contribution in [2.75, 3.05) is 5.32 Å². The second-order valence-corrected chi connectivity index (χ2v) is 5.60. The summed E-state index contributed by atoms with van der Waals surface area (Å²) < 4.78 is 2.63. The van der Waals surface area contributed by atoms with Gasteiger partial charge in [-0.2, -0.15) is 5.10 Å². The number of hydrogen-bond acceptors (Lipinski definition) is 5. The van der Waals surface area contributed by atoms with E-state index in [1.54, 1.807) is 0 Å². The van der Waals surface area contributed by atoms with Gasteiger partial charge in [-0.05, 0) is 22.4 Å². The molecule has 0 fully saturated rings. The van der Waals surface area contributed by atoms with E-state index in [0.717, 1.165) is 27.7 Å². The molecule has 1 N–H and O–H groups in total. The lowest BCUT2D eigenvalue weighted by Gasteiger charge is -2.00. The van der Waals surface area contributed by atoms with Crippen molar-refractivity contribution < 1.29 is 0 Å². The lowest BCUT2D eigenvalue weighted by Crippen LogP contribution is -2.00. The summed E-state index contributed by atoms with van der Waals surface area (Å²) in [6.07, 6.45) is 2.97. The highest BCUT2D eigenvalue weighted by molar-refractivity contribution is 9.11. The third-order valence-electron chi connectivity index (χ3n) is 2.16. The molecule has 2 heterocycles. The van der Waals surface area contributed by atoms with E-state index in [4.69, 9.17) is 0 Å². The highest BCUT2D eigenvalue weighted by Crippen LogP contribution is 2.21. The average molecular weight is 302 g/mol. The Morgan fingerprint density at radius 1 is 1.50 bits per heavy atom. The van der Waals surface area contributed by atoms with Crippen molar-refractivity contribution in [1.29, 1.82) is 0 Å². The summed E-state index contributed by atoms with van der Waals surface area (Å²) >= 11 is 4.76. The molecule has 0 spiro atoms. The third kappa shape index (κ3) is 2.59. The number of rotatable bonds is 4. The van der Waals surface area contributed by atoms with Gasteiger partial charge in [0, 0.05) is 25.4 Å². The van der Waals surface area contributed by atoms with Crippen LogP contribution in [-0.4, -0.2) is 20.0 Å². The predicted octanol–water partition coefficient (Wildman–Crippen LogP) is 2.21. The van der Waals surface area contributed by atoms with Crippen molar-refractivity contribution >= 4 is 32.4 Å². The molecule has 0 aliphatic rings. The first kappa shape index (κ1) is 11.5. The van der Waals surface area contributed by atoms with Gasteiger partial charge in [-0.1, -0.05) is 18.3 Å². The summed E-state index contributed by atoms with van der Waals surface area (Å²) in [4.78, 5) is 0. The second kappa shape index (κ2) is 4.92. The number of nitrogens with one attached hydrogen (secondary N) is 1. The van der Waals surface area contributed by atoms with Gasteiger partial charge in [-0.15, -0.1) is 10.2 Å². The highest BCUT2D eigenvalue weighted by atomic mass is 79.9. The summed E-state index contributed by atoms with van der Waals surface area (Å²) in [6.45, 7) is 2.84. The zero-order chi connectivity index (χ0) is 11.5. The first-order chi connectivity index (χ1) is 7.69. The Morgan fingerprint density at radius 3 is 2.94 bits per heavy atom. The maximum absolute atomic E-state index is 4.38. The Hall–Kier alpha value is -0.950. The Morgan fingerprint density at radius 2 is 2.31 bits per heavy atom. The van der Waals surface area contributed by atoms with Crippen LogP contribution in [-0.2, 0) is 20.0 Å². The van der Waals surface area contributed by atoms with Crippen LogP contribution in [0.4, 0.5) is 5.13 Å². The lowest BCUT2D eigenvalue weighted by molar-refractivity contribution is 0.746. The van der Waals surface area contributed by atoms with Crippen molar-refractivity contribution in [2.24, 2.45) is 7.05 Å². The summed E-state index contributed by atoms with van der Waals surface area (Å²) in [5.74, 6) is 0. The van der Waals surface area contributed by atoms with E-state index in [9.17, 15) is 0 Å². The monoisotopic (exact) mass is 301 g/mol. The molecule has 0 aliphatic heterocycles. The Labute approximate surface area is 106 Å². The quantitative estimate of drug-likeness (QED) is 0.941. The lowest BCUT2D eigenvalue weighted by atomic mass is 10.2. The topological polar surface area (TPSA) is 55.6 Å². The Bertz CT molecular complexity index is 478. The van der Waals surface area contributed by atoms with Gasteiger partial charge in [0.1, 0.15) is 0 Å². The molecule has 0 atom stereocenters. The second-order valence-electron chi connectivity index (χ2n) is 3.34. The number of anilines is 1. The van der Waals surface area contributed by atoms with Gasteiger partial charge in [0.05, 0.1) is 5.69 Å². The van der Waals surface area contributed by atoms with Crippen LogP contribution in [0.3, 0.4) is 0 Å². The average Bonchev–Trinajstić information content (AvgIpc) is 2.81. The van der Waals surface area contributed by atoms with Crippen LogP contribution in [0.1, 0.15) is 18.2 Å². The van der Waals surface area contributed by atoms with Crippen molar-refractivity contribution in [1.82, 2.24) is 20.0 Å². The smallest absolute Gasteiger partial charge is 0.206 e. The Kier molecular flexibility index (Phi) is 3.55. The number of aromatic nitrogens is 4. The van der Waals surface area contributed by atoms with E-state index >= 15 is 0 Å². The van der Waals surface area contributed by atoms with Gasteiger partial charge < -0.3 is 5.32 Å². The zero-order valence-corrected chi connectivity index (χ0v) is 11.5. The molecular formula is C9H12BrN5S. The van der Waals surface area contributed by atoms with E-state index < -0.39 is 0 Å². The fourth-order valence-corrected chi connectivity index (χ4v) is 2.48. The molecule has 16 heavy (non-hydrogen) atoms. The van der Waals surface area contributed by atoms with Crippen LogP contribution >= 0.6 is 27.3 Å². The molecular weight excluding hydrogens is 290 g/mol. The Balaban J connectivity index is 2.04. The molecule has 0 saturated carbocycles. The molecule has 86 valence electrons. The summed E-state index contributed by atoms with van der Waals surface area (Å²) in [6, 6.07) is 0. The third-order valence-corrected chi connectivity index (χ3v) is 3.47. The molecule has 2 aromatic rings. The van der Waals surface area contributed by atoms with E-state index in [1.807, 2.05) is 17.9 Å². The first-order valence-corrected chi connectivity index (χ1v) is 6.54. The molecule has 0 amide bonds. The van der Waals surface area contributed by atoms with Crippen LogP contribution in [0.2, 0.25) is 0 Å². The first-order valence-electron chi connectivity index (χ1n) is 4.93. The normalized spacial score (nSPS) is 10.7. The molecule has 0 saturated heterocycles. The van der Waals surface area contributed by atoms with Crippen LogP contribution in [0.5, 0.6) is 0 Å². The molecule has 7 heteroatoms. The molecule has 0 radical (unpaired) electrons. The van der Waals surface area contributed by atoms with Crippen LogP contribution < -0.4 is 5.32 Å². The number of aryl methyl sites for hydroxylation is 2. The van der Waals surface area contributed by atoms with E-state index in [-0.39, 0.29) is 0 Å². The van der Waals surface area contributed by atoms with Gasteiger partial charge in [-0.25, -0.2) is 0 Å². The van der Waals surface area contributed by atoms with Crippen LogP contribution in [0.25, 0.3) is 0 Å². The van der Waals surface area contributed by atoms with Crippen LogP contribution in [0.15, 0.2) is 10.1 Å². The van der Waals surface area contributed by atoms with Crippen LogP contribution in [0, 0.1) is 0 Å². The van der Waals surface area contributed by atoms with Crippen molar-refractivity contribution in [3.8, 4) is 0 Å². The largest absolute Gasteiger partial charge is 0.356 e. The van der Waals surface area contributed by atoms with Gasteiger partial charge in [0.2, 0.25) is 5.13 Å². The number of halogens is 1. The summed E-state index contributed by atoms with van der Waals surface area (Å²) in [7, 11) is 1.93. The van der Waals surface area contributed by atoms with E-state index in [1.165, 1.54) is 16.9 Å². The fourth-order valence-electron chi connectivity index (χ4n) is 1.48. The maximum atomic E-state index is 4.38. The minimum absolute atomic E-state index is 0.735. The SMILES string of the molecule is CCc1nn(C)cc1CNc1nnc(Br)s1. The molecule has 5 nitrogen and oxygen atoms in total. The van der Waals surface area contributed by atoms with Crippen molar-refractivity contribution in [2.45, 2.75) is 19.9 Å². The summed E-state index contributed by atoms with van der Waals surface area (Å²) in [5, 5.41) is 16.3. The predicted molar refractivity (Wildman–Crippen MR) is 67.5 cm³/mol. The maximum Gasteiger partial charge on any atom is 0.206 e. The van der Waals surface area contributed by atoms with Gasteiger partial charge >= 0.3 is 0 Å². The highest BCUT2D eigenvalue weighted by Gasteiger charge is 2.07. The molecule has 0 bridgehead atoms. The van der Waals surface area contributed by atoms with E-state index in [0.29, 0.717) is 0 Å². The van der Waals surface area contributed by atoms with Gasteiger partial charge in [-0.3, -0.25) is 4.68 Å². The molecule has 0 aromatic carbocycles. The molecule has 0 aliphatic carbocycles. The fraction of sp³-hybridized carbons (Fsp3) is 0.444. The zero-order valence-electron chi connectivity index (χ0n) is 9.07. The van der Waals surface area contributed by atoms with Crippen molar-refractivity contribution in [3.05, 3.63) is 21.4 Å². The van der Waals surface area contributed by atoms with E-state index in [2.05, 4.69) is 43.5 Å². The minimum Gasteiger partial charge on any atom is -0.356 e. The number of nitrogens with zero attached hydrogens (tertiary/aromatic N) is 4. The number of hydrogen-bond donors (Lipinski definition) is 1. The summed E-state index contributed by atoms with van der Waals surface area (Å²) in [5.41, 5.74) is 2.33. The minimum atomic E-state index is 0.735. The van der Waals surface area contributed by atoms with Gasteiger partial charge in [0.15, 0.2) is 3.92 Å². The van der Waals surface area contributed by atoms with Gasteiger partial charge in [0.25, 0.3) is 0 Å². The molecule has 2 rings (SSSR count). The standard InChI is InChI=1S/C9H12BrN5S/c1-3-7-6(5-15(2)14-7)4-11-9-13-12-8(10)16-9/h5H,3-4H2,1-2H3,(H,11,13). The molecule has 0 unspecified atom stereocenters. The molecule has 2 aromatic heterocycles.